The van der Waals surface area contributed by atoms with E-state index in [0.717, 1.165) is 13.2 Å². The number of carboxylic acid groups (broad SMARTS) is 1. The number of hydrogen-bond donors (Lipinski definition) is 4. The number of methoxy groups -OCH3 is 1. The molecule has 0 radical (unpaired) electrons. The Kier molecular flexibility index (Phi) is 12.5. The summed E-state index contributed by atoms with van der Waals surface area (Å²) in [4.78, 5) is 62.6. The third-order valence-corrected chi connectivity index (χ3v) is 5.63. The van der Waals surface area contributed by atoms with Crippen LogP contribution in [0.5, 0.6) is 5.75 Å². The molecule has 12 nitrogen and oxygen atoms in total. The number of aliphatic carboxylic acids is 1. The molecule has 240 valence electrons. The van der Waals surface area contributed by atoms with Crippen LogP contribution in [0, 0.1) is 0 Å². The number of esters is 1. The molecule has 2 aromatic carbocycles. The van der Waals surface area contributed by atoms with Gasteiger partial charge in [0.15, 0.2) is 0 Å². The van der Waals surface area contributed by atoms with E-state index in [9.17, 15) is 37.1 Å². The summed E-state index contributed by atoms with van der Waals surface area (Å²) in [5, 5.41) is 15.9. The van der Waals surface area contributed by atoms with E-state index in [-0.39, 0.29) is 18.0 Å². The number of anilines is 1. The summed E-state index contributed by atoms with van der Waals surface area (Å²) in [7, 11) is 1.12. The number of alkyl carbamates (subject to hydrolysis) is 1. The number of hydrogen-bond acceptors (Lipinski definition) is 8. The monoisotopic (exact) mass is 625 g/mol. The highest BCUT2D eigenvalue weighted by atomic mass is 19.4. The number of ether oxygens (including phenoxy) is 3. The van der Waals surface area contributed by atoms with Gasteiger partial charge in [-0.2, -0.15) is 13.2 Å². The summed E-state index contributed by atoms with van der Waals surface area (Å²) >= 11 is 0. The lowest BCUT2D eigenvalue weighted by molar-refractivity contribution is -0.156. The van der Waals surface area contributed by atoms with Gasteiger partial charge in [-0.15, -0.1) is 0 Å². The minimum atomic E-state index is -4.78. The van der Waals surface area contributed by atoms with Crippen molar-refractivity contribution in [2.75, 3.05) is 12.4 Å². The SMILES string of the molecule is COc1cc(NC(=O)[C@H](CCC(=O)O)NC(=O)[C@H](CC(=O)OC(C)(C)C)NC(=O)OCc2ccccc2)cc(C(F)(F)F)c1. The maximum absolute atomic E-state index is 13.3. The predicted octanol–water partition coefficient (Wildman–Crippen LogP) is 4.03. The predicted molar refractivity (Wildman–Crippen MR) is 149 cm³/mol. The first kappa shape index (κ1) is 35.4. The van der Waals surface area contributed by atoms with Gasteiger partial charge in [-0.25, -0.2) is 4.79 Å². The molecule has 15 heteroatoms. The van der Waals surface area contributed by atoms with Crippen LogP contribution in [0.15, 0.2) is 48.5 Å². The van der Waals surface area contributed by atoms with Crippen LogP contribution in [0.3, 0.4) is 0 Å². The Morgan fingerprint density at radius 3 is 2.14 bits per heavy atom. The molecule has 0 heterocycles. The largest absolute Gasteiger partial charge is 0.497 e. The number of alkyl halides is 3. The molecule has 0 spiro atoms. The van der Waals surface area contributed by atoms with Crippen molar-refractivity contribution in [1.29, 1.82) is 0 Å². The van der Waals surface area contributed by atoms with Gasteiger partial charge in [0.25, 0.3) is 0 Å². The van der Waals surface area contributed by atoms with Crippen molar-refractivity contribution in [2.45, 2.75) is 70.5 Å². The quantitative estimate of drug-likeness (QED) is 0.240. The maximum atomic E-state index is 13.3. The molecule has 3 amide bonds. The summed E-state index contributed by atoms with van der Waals surface area (Å²) in [5.41, 5.74) is -1.78. The Balaban J connectivity index is 2.27. The van der Waals surface area contributed by atoms with Gasteiger partial charge >= 0.3 is 24.2 Å². The molecular formula is C29H34F3N3O9. The molecule has 2 rings (SSSR count). The molecule has 0 aliphatic rings. The lowest BCUT2D eigenvalue weighted by Crippen LogP contribution is -2.53. The van der Waals surface area contributed by atoms with E-state index in [4.69, 9.17) is 19.3 Å². The van der Waals surface area contributed by atoms with E-state index < -0.39 is 78.5 Å². The van der Waals surface area contributed by atoms with Crippen molar-refractivity contribution < 1.29 is 56.5 Å². The van der Waals surface area contributed by atoms with Gasteiger partial charge < -0.3 is 35.3 Å². The molecule has 0 saturated carbocycles. The lowest BCUT2D eigenvalue weighted by atomic mass is 10.1. The van der Waals surface area contributed by atoms with Gasteiger partial charge in [-0.3, -0.25) is 19.2 Å². The third-order valence-electron chi connectivity index (χ3n) is 5.63. The summed E-state index contributed by atoms with van der Waals surface area (Å²) < 4.78 is 55.2. The van der Waals surface area contributed by atoms with Crippen LogP contribution in [-0.4, -0.2) is 59.7 Å². The van der Waals surface area contributed by atoms with Crippen molar-refractivity contribution in [3.8, 4) is 5.75 Å². The second kappa shape index (κ2) is 15.6. The van der Waals surface area contributed by atoms with Crippen LogP contribution in [0.4, 0.5) is 23.7 Å². The van der Waals surface area contributed by atoms with Crippen LogP contribution in [-0.2, 0) is 41.4 Å². The lowest BCUT2D eigenvalue weighted by Gasteiger charge is -2.24. The zero-order valence-corrected chi connectivity index (χ0v) is 24.4. The zero-order chi connectivity index (χ0) is 33.1. The van der Waals surface area contributed by atoms with Crippen molar-refractivity contribution in [2.24, 2.45) is 0 Å². The number of halogens is 3. The van der Waals surface area contributed by atoms with E-state index >= 15 is 0 Å². The molecule has 0 aliphatic carbocycles. The number of carbonyl (C=O) groups excluding carboxylic acids is 4. The molecule has 0 saturated heterocycles. The van der Waals surface area contributed by atoms with Gasteiger partial charge in [-0.1, -0.05) is 30.3 Å². The van der Waals surface area contributed by atoms with Crippen LogP contribution in [0.25, 0.3) is 0 Å². The normalized spacial score (nSPS) is 12.7. The zero-order valence-electron chi connectivity index (χ0n) is 24.4. The smallest absolute Gasteiger partial charge is 0.416 e. The highest BCUT2D eigenvalue weighted by Gasteiger charge is 2.33. The van der Waals surface area contributed by atoms with E-state index in [2.05, 4.69) is 16.0 Å². The first-order valence-corrected chi connectivity index (χ1v) is 13.2. The second-order valence-electron chi connectivity index (χ2n) is 10.5. The van der Waals surface area contributed by atoms with Gasteiger partial charge in [0.1, 0.15) is 30.0 Å². The van der Waals surface area contributed by atoms with Crippen molar-refractivity contribution >= 4 is 35.5 Å². The standard InChI is InChI=1S/C29H34F3N3O9/c1-28(2,3)44-24(38)15-22(35-27(41)43-16-17-8-6-5-7-9-17)26(40)34-21(10-11-23(36)37)25(39)33-19-12-18(29(30,31)32)13-20(14-19)42-4/h5-9,12-14,21-22H,10-11,15-16H2,1-4H3,(H,33,39)(H,34,40)(H,35,41)(H,36,37)/t21-,22-/m0/s1. The molecular weight excluding hydrogens is 591 g/mol. The second-order valence-corrected chi connectivity index (χ2v) is 10.5. The summed E-state index contributed by atoms with van der Waals surface area (Å²) in [6.07, 6.45) is -7.66. The Bertz CT molecular complexity index is 1330. The number of rotatable bonds is 13. The minimum absolute atomic E-state index is 0.169. The van der Waals surface area contributed by atoms with Gasteiger partial charge in [0.05, 0.1) is 19.1 Å². The summed E-state index contributed by atoms with van der Waals surface area (Å²) in [6.45, 7) is 4.57. The van der Waals surface area contributed by atoms with E-state index in [0.29, 0.717) is 17.7 Å². The average Bonchev–Trinajstić information content (AvgIpc) is 2.92. The summed E-state index contributed by atoms with van der Waals surface area (Å²) in [6, 6.07) is 7.75. The number of carbonyl (C=O) groups is 5. The van der Waals surface area contributed by atoms with Gasteiger partial charge in [0.2, 0.25) is 11.8 Å². The molecule has 0 bridgehead atoms. The fraction of sp³-hybridized carbons (Fsp3) is 0.414. The fourth-order valence-corrected chi connectivity index (χ4v) is 3.66. The number of nitrogens with one attached hydrogen (secondary N) is 3. The van der Waals surface area contributed by atoms with Crippen molar-refractivity contribution in [1.82, 2.24) is 10.6 Å². The van der Waals surface area contributed by atoms with E-state index in [1.165, 1.54) is 0 Å². The number of amides is 3. The number of carboxylic acids is 1. The molecule has 44 heavy (non-hydrogen) atoms. The van der Waals surface area contributed by atoms with Crippen LogP contribution in [0.1, 0.15) is 51.2 Å². The van der Waals surface area contributed by atoms with Crippen LogP contribution < -0.4 is 20.7 Å². The first-order valence-electron chi connectivity index (χ1n) is 13.2. The third kappa shape index (κ3) is 12.6. The Labute approximate surface area is 251 Å². The molecule has 0 aliphatic heterocycles. The molecule has 2 atom stereocenters. The van der Waals surface area contributed by atoms with E-state index in [1.54, 1.807) is 51.1 Å². The van der Waals surface area contributed by atoms with Crippen molar-refractivity contribution in [3.05, 3.63) is 59.7 Å². The first-order chi connectivity index (χ1) is 20.5. The highest BCUT2D eigenvalue weighted by molar-refractivity contribution is 5.99. The van der Waals surface area contributed by atoms with Crippen LogP contribution in [0.2, 0.25) is 0 Å². The van der Waals surface area contributed by atoms with Gasteiger partial charge in [-0.05, 0) is 44.9 Å². The Hall–Kier alpha value is -4.82. The molecule has 0 unspecified atom stereocenters. The van der Waals surface area contributed by atoms with Crippen LogP contribution >= 0.6 is 0 Å². The minimum Gasteiger partial charge on any atom is -0.497 e. The van der Waals surface area contributed by atoms with E-state index in [1.807, 2.05) is 0 Å². The Morgan fingerprint density at radius 1 is 0.909 bits per heavy atom. The fourth-order valence-electron chi connectivity index (χ4n) is 3.66. The molecule has 4 N–H and O–H groups in total. The molecule has 0 aromatic heterocycles. The highest BCUT2D eigenvalue weighted by Crippen LogP contribution is 2.34. The molecule has 2 aromatic rings. The molecule has 0 fully saturated rings. The summed E-state index contributed by atoms with van der Waals surface area (Å²) in [5.74, 6) is -4.59. The maximum Gasteiger partial charge on any atom is 0.416 e. The number of benzene rings is 2. The topological polar surface area (TPSA) is 169 Å². The Morgan fingerprint density at radius 2 is 1.57 bits per heavy atom. The average molecular weight is 626 g/mol. The van der Waals surface area contributed by atoms with Crippen molar-refractivity contribution in [3.63, 3.8) is 0 Å². The van der Waals surface area contributed by atoms with Gasteiger partial charge in [0, 0.05) is 18.2 Å².